The molecule has 1 amide bonds. The highest BCUT2D eigenvalue weighted by molar-refractivity contribution is 5.81. The lowest BCUT2D eigenvalue weighted by Gasteiger charge is -2.55. The topological polar surface area (TPSA) is 50.7 Å². The number of nitrogens with one attached hydrogen (secondary N) is 1. The Morgan fingerprint density at radius 1 is 1.69 bits per heavy atom. The Bertz CT molecular complexity index is 358. The van der Waals surface area contributed by atoms with Crippen molar-refractivity contribution in [1.29, 1.82) is 0 Å². The second-order valence-electron chi connectivity index (χ2n) is 5.11. The Kier molecular flexibility index (Phi) is 2.74. The first-order valence-electron chi connectivity index (χ1n) is 5.62. The van der Waals surface area contributed by atoms with Crippen LogP contribution in [0.1, 0.15) is 26.7 Å². The van der Waals surface area contributed by atoms with Crippen LogP contribution in [0.4, 0.5) is 4.79 Å². The van der Waals surface area contributed by atoms with Gasteiger partial charge in [-0.25, -0.2) is 10.2 Å². The standard InChI is InChI=1S/C12H18N2O2/c1-12(2)9-5-4-8(10(12)6-9)7-13-14-11(15)16-3/h4,7,9-10H,5-6H2,1-3H3,(H,14,15)/b13-7-/t9-,10-/m0/s1. The molecule has 1 saturated carbocycles. The summed E-state index contributed by atoms with van der Waals surface area (Å²) >= 11 is 0. The summed E-state index contributed by atoms with van der Waals surface area (Å²) in [6, 6.07) is 0. The number of allylic oxidation sites excluding steroid dienone is 2. The SMILES string of the molecule is COC(=O)N/N=C\C1=CC[C@H]2C[C@@H]1C2(C)C. The van der Waals surface area contributed by atoms with E-state index in [4.69, 9.17) is 0 Å². The largest absolute Gasteiger partial charge is 0.452 e. The van der Waals surface area contributed by atoms with Crippen molar-refractivity contribution < 1.29 is 9.53 Å². The highest BCUT2D eigenvalue weighted by atomic mass is 16.5. The van der Waals surface area contributed by atoms with E-state index >= 15 is 0 Å². The highest BCUT2D eigenvalue weighted by Crippen LogP contribution is 2.58. The van der Waals surface area contributed by atoms with Gasteiger partial charge in [0.25, 0.3) is 0 Å². The quantitative estimate of drug-likeness (QED) is 0.576. The van der Waals surface area contributed by atoms with Gasteiger partial charge in [-0.3, -0.25) is 0 Å². The number of hydrogen-bond acceptors (Lipinski definition) is 3. The van der Waals surface area contributed by atoms with Crippen molar-refractivity contribution in [2.24, 2.45) is 22.4 Å². The number of carbonyl (C=O) groups excluding carboxylic acids is 1. The summed E-state index contributed by atoms with van der Waals surface area (Å²) in [5.41, 5.74) is 3.94. The van der Waals surface area contributed by atoms with Crippen molar-refractivity contribution in [3.63, 3.8) is 0 Å². The van der Waals surface area contributed by atoms with Crippen molar-refractivity contribution in [3.05, 3.63) is 11.6 Å². The third-order valence-corrected chi connectivity index (χ3v) is 4.07. The molecule has 88 valence electrons. The Morgan fingerprint density at radius 3 is 3.00 bits per heavy atom. The van der Waals surface area contributed by atoms with E-state index in [9.17, 15) is 4.79 Å². The monoisotopic (exact) mass is 222 g/mol. The van der Waals surface area contributed by atoms with Gasteiger partial charge in [0.05, 0.1) is 13.3 Å². The van der Waals surface area contributed by atoms with E-state index in [0.717, 1.165) is 12.3 Å². The summed E-state index contributed by atoms with van der Waals surface area (Å²) in [5, 5.41) is 3.89. The number of carbonyl (C=O) groups is 1. The minimum absolute atomic E-state index is 0.390. The molecule has 0 saturated heterocycles. The Morgan fingerprint density at radius 2 is 2.44 bits per heavy atom. The molecule has 1 N–H and O–H groups in total. The molecule has 3 rings (SSSR count). The molecule has 1 fully saturated rings. The molecule has 16 heavy (non-hydrogen) atoms. The van der Waals surface area contributed by atoms with E-state index < -0.39 is 6.09 Å². The molecule has 0 spiro atoms. The molecule has 4 nitrogen and oxygen atoms in total. The van der Waals surface area contributed by atoms with Gasteiger partial charge in [0.1, 0.15) is 0 Å². The molecule has 0 unspecified atom stereocenters. The van der Waals surface area contributed by atoms with E-state index in [1.54, 1.807) is 6.21 Å². The van der Waals surface area contributed by atoms with Crippen molar-refractivity contribution in [3.8, 4) is 0 Å². The zero-order valence-corrected chi connectivity index (χ0v) is 9.99. The maximum Gasteiger partial charge on any atom is 0.427 e. The molecule has 0 heterocycles. The molecule has 2 bridgehead atoms. The number of hydrogen-bond donors (Lipinski definition) is 1. The van der Waals surface area contributed by atoms with E-state index in [1.807, 2.05) is 0 Å². The van der Waals surface area contributed by atoms with Crippen LogP contribution >= 0.6 is 0 Å². The molecule has 2 atom stereocenters. The molecule has 4 heteroatoms. The van der Waals surface area contributed by atoms with Crippen molar-refractivity contribution >= 4 is 12.3 Å². The van der Waals surface area contributed by atoms with Gasteiger partial charge < -0.3 is 4.74 Å². The lowest BCUT2D eigenvalue weighted by atomic mass is 9.49. The maximum absolute atomic E-state index is 10.8. The van der Waals surface area contributed by atoms with Gasteiger partial charge in [-0.1, -0.05) is 19.9 Å². The summed E-state index contributed by atoms with van der Waals surface area (Å²) in [7, 11) is 1.32. The van der Waals surface area contributed by atoms with Crippen LogP contribution in [-0.4, -0.2) is 19.4 Å². The number of ether oxygens (including phenoxy) is 1. The van der Waals surface area contributed by atoms with Gasteiger partial charge in [-0.05, 0) is 35.7 Å². The van der Waals surface area contributed by atoms with Crippen LogP contribution in [0.2, 0.25) is 0 Å². The van der Waals surface area contributed by atoms with Gasteiger partial charge in [0.2, 0.25) is 0 Å². The zero-order valence-electron chi connectivity index (χ0n) is 9.99. The molecular formula is C12H18N2O2. The zero-order chi connectivity index (χ0) is 11.8. The summed E-state index contributed by atoms with van der Waals surface area (Å²) < 4.78 is 4.43. The van der Waals surface area contributed by atoms with Crippen LogP contribution in [0.3, 0.4) is 0 Å². The normalized spacial score (nSPS) is 30.6. The summed E-state index contributed by atoms with van der Waals surface area (Å²) in [6.07, 6.45) is 5.83. The van der Waals surface area contributed by atoms with Crippen LogP contribution in [0.25, 0.3) is 0 Å². The first-order valence-corrected chi connectivity index (χ1v) is 5.62. The van der Waals surface area contributed by atoms with E-state index in [-0.39, 0.29) is 0 Å². The minimum atomic E-state index is -0.529. The van der Waals surface area contributed by atoms with Gasteiger partial charge in [0.15, 0.2) is 0 Å². The Hall–Kier alpha value is -1.32. The Labute approximate surface area is 95.7 Å². The lowest BCUT2D eigenvalue weighted by molar-refractivity contribution is -0.00126. The number of rotatable bonds is 2. The summed E-state index contributed by atoms with van der Waals surface area (Å²) in [4.78, 5) is 10.8. The predicted octanol–water partition coefficient (Wildman–Crippen LogP) is 2.32. The van der Waals surface area contributed by atoms with Crippen LogP contribution < -0.4 is 5.43 Å². The van der Waals surface area contributed by atoms with Gasteiger partial charge >= 0.3 is 6.09 Å². The molecule has 0 radical (unpaired) electrons. The molecule has 3 aliphatic rings. The predicted molar refractivity (Wildman–Crippen MR) is 62.1 cm³/mol. The molecular weight excluding hydrogens is 204 g/mol. The van der Waals surface area contributed by atoms with Gasteiger partial charge in [0, 0.05) is 0 Å². The smallest absolute Gasteiger partial charge is 0.427 e. The summed E-state index contributed by atoms with van der Waals surface area (Å²) in [6.45, 7) is 4.61. The van der Waals surface area contributed by atoms with Crippen LogP contribution in [-0.2, 0) is 4.74 Å². The first kappa shape index (κ1) is 11.2. The first-order chi connectivity index (χ1) is 7.55. The number of fused-ring (bicyclic) bond motifs is 1. The van der Waals surface area contributed by atoms with Crippen molar-refractivity contribution in [2.75, 3.05) is 7.11 Å². The second-order valence-corrected chi connectivity index (χ2v) is 5.11. The average molecular weight is 222 g/mol. The van der Waals surface area contributed by atoms with Crippen LogP contribution in [0.5, 0.6) is 0 Å². The highest BCUT2D eigenvalue weighted by Gasteiger charge is 2.50. The number of nitrogens with zero attached hydrogens (tertiary/aromatic N) is 1. The van der Waals surface area contributed by atoms with Crippen LogP contribution in [0.15, 0.2) is 16.8 Å². The second kappa shape index (κ2) is 3.92. The van der Waals surface area contributed by atoms with Crippen LogP contribution in [0, 0.1) is 17.3 Å². The molecule has 0 aromatic carbocycles. The number of amides is 1. The fraction of sp³-hybridized carbons (Fsp3) is 0.667. The van der Waals surface area contributed by atoms with E-state index in [1.165, 1.54) is 19.1 Å². The van der Waals surface area contributed by atoms with Gasteiger partial charge in [-0.2, -0.15) is 5.10 Å². The Balaban J connectivity index is 1.96. The lowest BCUT2D eigenvalue weighted by Crippen LogP contribution is -2.48. The number of methoxy groups -OCH3 is 1. The fourth-order valence-electron chi connectivity index (χ4n) is 2.75. The molecule has 3 aliphatic carbocycles. The minimum Gasteiger partial charge on any atom is -0.452 e. The fourth-order valence-corrected chi connectivity index (χ4v) is 2.75. The molecule has 0 aromatic rings. The van der Waals surface area contributed by atoms with Gasteiger partial charge in [-0.15, -0.1) is 0 Å². The van der Waals surface area contributed by atoms with Crippen molar-refractivity contribution in [2.45, 2.75) is 26.7 Å². The molecule has 0 aliphatic heterocycles. The third kappa shape index (κ3) is 1.72. The summed E-state index contributed by atoms with van der Waals surface area (Å²) in [5.74, 6) is 1.41. The van der Waals surface area contributed by atoms with E-state index in [2.05, 4.69) is 35.2 Å². The van der Waals surface area contributed by atoms with Crippen molar-refractivity contribution in [1.82, 2.24) is 5.43 Å². The number of hydrazone groups is 1. The van der Waals surface area contributed by atoms with E-state index in [0.29, 0.717) is 11.3 Å². The third-order valence-electron chi connectivity index (χ3n) is 4.07. The molecule has 0 aromatic heterocycles. The average Bonchev–Trinajstić information content (AvgIpc) is 2.28. The maximum atomic E-state index is 10.8.